The zero-order valence-corrected chi connectivity index (χ0v) is 10.6. The first kappa shape index (κ1) is 11.3. The van der Waals surface area contributed by atoms with E-state index in [4.69, 9.17) is 0 Å². The van der Waals surface area contributed by atoms with Gasteiger partial charge in [0.25, 0.3) is 0 Å². The van der Waals surface area contributed by atoms with Crippen LogP contribution in [0.3, 0.4) is 0 Å². The van der Waals surface area contributed by atoms with Crippen molar-refractivity contribution in [3.05, 3.63) is 47.5 Å². The number of aromatic nitrogens is 2. The molecular weight excluding hydrogens is 224 g/mol. The van der Waals surface area contributed by atoms with Crippen molar-refractivity contribution in [3.8, 4) is 5.75 Å². The molecule has 1 atom stereocenters. The lowest BCUT2D eigenvalue weighted by Gasteiger charge is -2.19. The minimum Gasteiger partial charge on any atom is -0.508 e. The molecule has 0 amide bonds. The predicted molar refractivity (Wildman–Crippen MR) is 70.6 cm³/mol. The summed E-state index contributed by atoms with van der Waals surface area (Å²) < 4.78 is 2.27. The number of para-hydroxylation sites is 1. The van der Waals surface area contributed by atoms with Crippen LogP contribution in [0.5, 0.6) is 5.75 Å². The van der Waals surface area contributed by atoms with Crippen LogP contribution in [0, 0.1) is 5.92 Å². The lowest BCUT2D eigenvalue weighted by Crippen LogP contribution is -2.17. The fraction of sp³-hybridized carbons (Fsp3) is 0.400. The van der Waals surface area contributed by atoms with Crippen LogP contribution in [0.1, 0.15) is 30.4 Å². The van der Waals surface area contributed by atoms with Gasteiger partial charge in [0.15, 0.2) is 0 Å². The van der Waals surface area contributed by atoms with Crippen molar-refractivity contribution in [2.24, 2.45) is 5.92 Å². The monoisotopic (exact) mass is 242 g/mol. The van der Waals surface area contributed by atoms with E-state index in [1.165, 1.54) is 12.2 Å². The maximum Gasteiger partial charge on any atom is 0.119 e. The molecule has 0 bridgehead atoms. The number of fused-ring (bicyclic) bond motifs is 1. The molecular formula is C15H18N2O. The number of hydrogen-bond acceptors (Lipinski definition) is 2. The topological polar surface area (TPSA) is 38.1 Å². The Morgan fingerprint density at radius 3 is 3.06 bits per heavy atom. The van der Waals surface area contributed by atoms with E-state index >= 15 is 0 Å². The van der Waals surface area contributed by atoms with Crippen LogP contribution in [0.2, 0.25) is 0 Å². The number of phenolic OH excluding ortho intramolecular Hbond substituents is 1. The summed E-state index contributed by atoms with van der Waals surface area (Å²) in [5, 5.41) is 9.78. The molecule has 0 radical (unpaired) electrons. The average molecular weight is 242 g/mol. The summed E-state index contributed by atoms with van der Waals surface area (Å²) in [6, 6.07) is 7.48. The molecule has 94 valence electrons. The number of phenols is 1. The van der Waals surface area contributed by atoms with E-state index in [-0.39, 0.29) is 0 Å². The first-order valence-corrected chi connectivity index (χ1v) is 6.54. The van der Waals surface area contributed by atoms with E-state index in [9.17, 15) is 5.11 Å². The van der Waals surface area contributed by atoms with Crippen molar-refractivity contribution in [1.29, 1.82) is 0 Å². The number of aromatic hydroxyl groups is 1. The second kappa shape index (κ2) is 4.48. The fourth-order valence-electron chi connectivity index (χ4n) is 2.61. The Hall–Kier alpha value is -1.77. The number of aryl methyl sites for hydroxylation is 1. The Morgan fingerprint density at radius 2 is 2.22 bits per heavy atom. The first-order chi connectivity index (χ1) is 8.72. The van der Waals surface area contributed by atoms with E-state index in [2.05, 4.69) is 22.7 Å². The molecule has 3 rings (SSSR count). The molecule has 3 nitrogen and oxygen atoms in total. The van der Waals surface area contributed by atoms with Gasteiger partial charge in [-0.15, -0.1) is 0 Å². The number of hydrogen-bond donors (Lipinski definition) is 1. The number of imidazole rings is 1. The van der Waals surface area contributed by atoms with Crippen molar-refractivity contribution < 1.29 is 5.11 Å². The molecule has 1 aromatic heterocycles. The van der Waals surface area contributed by atoms with Crippen molar-refractivity contribution in [1.82, 2.24) is 9.55 Å². The molecule has 1 aliphatic rings. The lowest BCUT2D eigenvalue weighted by molar-refractivity contribution is 0.394. The lowest BCUT2D eigenvalue weighted by atomic mass is 10.0. The highest BCUT2D eigenvalue weighted by Gasteiger charge is 2.17. The molecule has 1 N–H and O–H groups in total. The summed E-state index contributed by atoms with van der Waals surface area (Å²) in [6.07, 6.45) is 5.15. The van der Waals surface area contributed by atoms with Gasteiger partial charge in [-0.05, 0) is 24.0 Å². The molecule has 1 aliphatic heterocycles. The molecule has 2 heterocycles. The number of nitrogens with zero attached hydrogens (tertiary/aromatic N) is 2. The Labute approximate surface area is 107 Å². The van der Waals surface area contributed by atoms with Crippen molar-refractivity contribution in [3.63, 3.8) is 0 Å². The average Bonchev–Trinajstić information content (AvgIpc) is 2.73. The van der Waals surface area contributed by atoms with Crippen LogP contribution in [0.4, 0.5) is 0 Å². The van der Waals surface area contributed by atoms with Crippen molar-refractivity contribution >= 4 is 0 Å². The van der Waals surface area contributed by atoms with E-state index in [0.717, 1.165) is 30.1 Å². The molecule has 1 unspecified atom stereocenters. The SMILES string of the molecule is CC1CCc2nc(Cc3ccccc3O)cn2C1. The highest BCUT2D eigenvalue weighted by Crippen LogP contribution is 2.23. The standard InChI is InChI=1S/C15H18N2O/c1-11-6-7-15-16-13(10-17(15)9-11)8-12-4-2-3-5-14(12)18/h2-5,10-11,18H,6-9H2,1H3. The van der Waals surface area contributed by atoms with Gasteiger partial charge in [-0.3, -0.25) is 0 Å². The summed E-state index contributed by atoms with van der Waals surface area (Å²) in [4.78, 5) is 4.67. The molecule has 0 spiro atoms. The van der Waals surface area contributed by atoms with Gasteiger partial charge >= 0.3 is 0 Å². The Bertz CT molecular complexity index is 559. The minimum absolute atomic E-state index is 0.358. The maximum absolute atomic E-state index is 9.78. The third-order valence-electron chi connectivity index (χ3n) is 3.64. The third kappa shape index (κ3) is 2.13. The van der Waals surface area contributed by atoms with Crippen LogP contribution in [-0.4, -0.2) is 14.7 Å². The van der Waals surface area contributed by atoms with E-state index in [1.54, 1.807) is 6.07 Å². The third-order valence-corrected chi connectivity index (χ3v) is 3.64. The number of rotatable bonds is 2. The van der Waals surface area contributed by atoms with Crippen LogP contribution in [0.15, 0.2) is 30.5 Å². The summed E-state index contributed by atoms with van der Waals surface area (Å²) in [7, 11) is 0. The van der Waals surface area contributed by atoms with Crippen LogP contribution >= 0.6 is 0 Å². The normalized spacial score (nSPS) is 18.6. The van der Waals surface area contributed by atoms with Crippen LogP contribution in [0.25, 0.3) is 0 Å². The Morgan fingerprint density at radius 1 is 1.39 bits per heavy atom. The summed E-state index contributed by atoms with van der Waals surface area (Å²) in [5.41, 5.74) is 2.00. The van der Waals surface area contributed by atoms with Gasteiger partial charge in [-0.2, -0.15) is 0 Å². The highest BCUT2D eigenvalue weighted by atomic mass is 16.3. The molecule has 3 heteroatoms. The zero-order chi connectivity index (χ0) is 12.5. The van der Waals surface area contributed by atoms with Crippen molar-refractivity contribution in [2.75, 3.05) is 0 Å². The highest BCUT2D eigenvalue weighted by molar-refractivity contribution is 5.34. The fourth-order valence-corrected chi connectivity index (χ4v) is 2.61. The predicted octanol–water partition coefficient (Wildman–Crippen LogP) is 2.76. The van der Waals surface area contributed by atoms with Gasteiger partial charge in [0.05, 0.1) is 5.69 Å². The van der Waals surface area contributed by atoms with Crippen LogP contribution in [-0.2, 0) is 19.4 Å². The minimum atomic E-state index is 0.358. The van der Waals surface area contributed by atoms with Gasteiger partial charge < -0.3 is 9.67 Å². The first-order valence-electron chi connectivity index (χ1n) is 6.54. The molecule has 1 aromatic carbocycles. The quantitative estimate of drug-likeness (QED) is 0.879. The molecule has 0 aliphatic carbocycles. The Balaban J connectivity index is 1.84. The van der Waals surface area contributed by atoms with Gasteiger partial charge in [-0.25, -0.2) is 4.98 Å². The molecule has 2 aromatic rings. The van der Waals surface area contributed by atoms with Gasteiger partial charge in [0, 0.05) is 25.6 Å². The van der Waals surface area contributed by atoms with Gasteiger partial charge in [0.2, 0.25) is 0 Å². The van der Waals surface area contributed by atoms with E-state index < -0.39 is 0 Å². The maximum atomic E-state index is 9.78. The summed E-state index contributed by atoms with van der Waals surface area (Å²) >= 11 is 0. The molecule has 0 fully saturated rings. The second-order valence-corrected chi connectivity index (χ2v) is 5.25. The van der Waals surface area contributed by atoms with Crippen molar-refractivity contribution in [2.45, 2.75) is 32.7 Å². The largest absolute Gasteiger partial charge is 0.508 e. The van der Waals surface area contributed by atoms with E-state index in [0.29, 0.717) is 12.2 Å². The number of benzene rings is 1. The summed E-state index contributed by atoms with van der Waals surface area (Å²) in [5.74, 6) is 2.29. The van der Waals surface area contributed by atoms with E-state index in [1.807, 2.05) is 18.2 Å². The van der Waals surface area contributed by atoms with Gasteiger partial charge in [0.1, 0.15) is 11.6 Å². The molecule has 18 heavy (non-hydrogen) atoms. The van der Waals surface area contributed by atoms with Crippen LogP contribution < -0.4 is 0 Å². The smallest absolute Gasteiger partial charge is 0.119 e. The summed E-state index contributed by atoms with van der Waals surface area (Å²) in [6.45, 7) is 3.36. The second-order valence-electron chi connectivity index (χ2n) is 5.25. The Kier molecular flexibility index (Phi) is 2.82. The van der Waals surface area contributed by atoms with Gasteiger partial charge in [-0.1, -0.05) is 25.1 Å². The molecule has 0 saturated heterocycles. The molecule has 0 saturated carbocycles. The zero-order valence-electron chi connectivity index (χ0n) is 10.6.